The lowest BCUT2D eigenvalue weighted by molar-refractivity contribution is 0.0933. The molecule has 0 spiro atoms. The van der Waals surface area contributed by atoms with Gasteiger partial charge in [0.15, 0.2) is 0 Å². The van der Waals surface area contributed by atoms with E-state index in [0.29, 0.717) is 11.1 Å². The summed E-state index contributed by atoms with van der Waals surface area (Å²) in [7, 11) is -2.80. The van der Waals surface area contributed by atoms with Crippen LogP contribution in [-0.4, -0.2) is 48.1 Å². The van der Waals surface area contributed by atoms with Crippen LogP contribution in [0.4, 0.5) is 0 Å². The summed E-state index contributed by atoms with van der Waals surface area (Å²) < 4.78 is 6.96. The van der Waals surface area contributed by atoms with Crippen molar-refractivity contribution in [2.24, 2.45) is 0 Å². The van der Waals surface area contributed by atoms with Crippen LogP contribution in [0, 0.1) is 0 Å². The van der Waals surface area contributed by atoms with E-state index in [1.165, 1.54) is 0 Å². The summed E-state index contributed by atoms with van der Waals surface area (Å²) in [5.74, 6) is 0.0401. The summed E-state index contributed by atoms with van der Waals surface area (Å²) in [4.78, 5) is 0. The van der Waals surface area contributed by atoms with E-state index in [9.17, 15) is 20.4 Å². The van der Waals surface area contributed by atoms with E-state index >= 15 is 0 Å². The van der Waals surface area contributed by atoms with Gasteiger partial charge < -0.3 is 24.9 Å². The Hall–Kier alpha value is -2.96. The Labute approximate surface area is 221 Å². The van der Waals surface area contributed by atoms with E-state index in [1.54, 1.807) is 30.3 Å². The molecule has 0 unspecified atom stereocenters. The van der Waals surface area contributed by atoms with Gasteiger partial charge in [-0.25, -0.2) is 0 Å². The van der Waals surface area contributed by atoms with Crippen molar-refractivity contribution in [2.75, 3.05) is 13.2 Å². The summed E-state index contributed by atoms with van der Waals surface area (Å²) in [5.41, 5.74) is 4.35. The third-order valence-corrected chi connectivity index (χ3v) is 11.5. The van der Waals surface area contributed by atoms with Crippen LogP contribution in [0.1, 0.15) is 45.3 Å². The Morgan fingerprint density at radius 3 is 1.95 bits per heavy atom. The molecule has 0 aliphatic heterocycles. The molecule has 0 saturated carbocycles. The minimum atomic E-state index is -2.80. The van der Waals surface area contributed by atoms with Gasteiger partial charge in [0.1, 0.15) is 5.75 Å². The Bertz CT molecular complexity index is 1140. The predicted octanol–water partition coefficient (Wildman–Crippen LogP) is 4.22. The highest BCUT2D eigenvalue weighted by Crippen LogP contribution is 2.37. The van der Waals surface area contributed by atoms with Gasteiger partial charge in [0.25, 0.3) is 8.32 Å². The minimum absolute atomic E-state index is 0.0401. The molecule has 0 aliphatic carbocycles. The van der Waals surface area contributed by atoms with Gasteiger partial charge in [-0.15, -0.1) is 5.73 Å². The van der Waals surface area contributed by atoms with Gasteiger partial charge >= 0.3 is 0 Å². The molecule has 3 aromatic carbocycles. The smallest absolute Gasteiger partial charge is 0.261 e. The molecule has 37 heavy (non-hydrogen) atoms. The van der Waals surface area contributed by atoms with E-state index in [-0.39, 0.29) is 36.8 Å². The predicted molar refractivity (Wildman–Crippen MR) is 151 cm³/mol. The largest absolute Gasteiger partial charge is 0.508 e. The van der Waals surface area contributed by atoms with Gasteiger partial charge in [-0.05, 0) is 33.1 Å². The number of benzene rings is 3. The molecule has 0 aliphatic rings. The maximum absolute atomic E-state index is 10.6. The molecule has 0 bridgehead atoms. The second-order valence-electron chi connectivity index (χ2n) is 10.3. The molecule has 5 nitrogen and oxygen atoms in total. The molecule has 3 aromatic rings. The zero-order valence-corrected chi connectivity index (χ0v) is 22.8. The first kappa shape index (κ1) is 28.6. The van der Waals surface area contributed by atoms with Gasteiger partial charge in [0.2, 0.25) is 0 Å². The van der Waals surface area contributed by atoms with Crippen molar-refractivity contribution < 1.29 is 24.9 Å². The van der Waals surface area contributed by atoms with Crippen molar-refractivity contribution in [3.63, 3.8) is 0 Å². The van der Waals surface area contributed by atoms with Crippen molar-refractivity contribution >= 4 is 18.7 Å². The molecule has 2 atom stereocenters. The first-order valence-corrected chi connectivity index (χ1v) is 14.5. The number of phenolic OH excluding ortho intramolecular Hbond substituents is 1. The highest BCUT2D eigenvalue weighted by molar-refractivity contribution is 6.99. The normalized spacial score (nSPS) is 13.5. The monoisotopic (exact) mass is 518 g/mol. The zero-order valence-electron chi connectivity index (χ0n) is 21.8. The second kappa shape index (κ2) is 13.0. The quantitative estimate of drug-likeness (QED) is 0.225. The SMILES string of the molecule is CC(C)(C)[Si](OCC(=C=CC[C@@H](O)c1ccccc1O)C[C@@H](O)CO)(c1ccccc1)c1ccccc1. The Morgan fingerprint density at radius 1 is 0.892 bits per heavy atom. The van der Waals surface area contributed by atoms with Gasteiger partial charge in [0.05, 0.1) is 25.4 Å². The highest BCUT2D eigenvalue weighted by Gasteiger charge is 2.50. The Kier molecular flexibility index (Phi) is 10.1. The second-order valence-corrected chi connectivity index (χ2v) is 14.6. The highest BCUT2D eigenvalue weighted by atomic mass is 28.4. The summed E-state index contributed by atoms with van der Waals surface area (Å²) in [6.07, 6.45) is 0.288. The Morgan fingerprint density at radius 2 is 1.43 bits per heavy atom. The van der Waals surface area contributed by atoms with Crippen molar-refractivity contribution in [2.45, 2.75) is 50.9 Å². The molecule has 0 aromatic heterocycles. The molecule has 6 heteroatoms. The van der Waals surface area contributed by atoms with E-state index in [0.717, 1.165) is 10.4 Å². The van der Waals surface area contributed by atoms with Gasteiger partial charge in [0, 0.05) is 18.4 Å². The molecule has 0 saturated heterocycles. The molecule has 0 heterocycles. The standard InChI is InChI=1S/C31H38O5Si/c1-31(2,3)37(26-14-6-4-7-15-26,27-16-8-5-9-17-27)36-23-24(21-25(33)22-32)13-12-20-30(35)28-18-10-11-19-29(28)34/h4-12,14-19,25,30,32-35H,20-23H2,1-3H3/t13?,25-,30-/m1/s1. The minimum Gasteiger partial charge on any atom is -0.508 e. The number of aromatic hydroxyl groups is 1. The first-order valence-electron chi connectivity index (χ1n) is 12.6. The van der Waals surface area contributed by atoms with Crippen molar-refractivity contribution in [3.05, 3.63) is 108 Å². The fourth-order valence-corrected chi connectivity index (χ4v) is 9.22. The average molecular weight is 519 g/mol. The molecular formula is C31H38O5Si. The number of aliphatic hydroxyl groups is 3. The van der Waals surface area contributed by atoms with Crippen LogP contribution < -0.4 is 10.4 Å². The lowest BCUT2D eigenvalue weighted by atomic mass is 10.0. The topological polar surface area (TPSA) is 90.2 Å². The van der Waals surface area contributed by atoms with Crippen LogP contribution >= 0.6 is 0 Å². The summed E-state index contributed by atoms with van der Waals surface area (Å²) in [6.45, 7) is 6.44. The molecular weight excluding hydrogens is 480 g/mol. The van der Waals surface area contributed by atoms with Crippen LogP contribution in [0.3, 0.4) is 0 Å². The van der Waals surface area contributed by atoms with Crippen LogP contribution in [0.2, 0.25) is 5.04 Å². The van der Waals surface area contributed by atoms with Gasteiger partial charge in [-0.2, -0.15) is 0 Å². The van der Waals surface area contributed by atoms with Gasteiger partial charge in [-0.1, -0.05) is 99.6 Å². The maximum Gasteiger partial charge on any atom is 0.261 e. The number of rotatable bonds is 11. The average Bonchev–Trinajstić information content (AvgIpc) is 2.89. The summed E-state index contributed by atoms with van der Waals surface area (Å²) >= 11 is 0. The first-order chi connectivity index (χ1) is 17.7. The molecule has 196 valence electrons. The molecule has 0 amide bonds. The fraction of sp³-hybridized carbons (Fsp3) is 0.323. The van der Waals surface area contributed by atoms with Crippen molar-refractivity contribution in [1.82, 2.24) is 0 Å². The lowest BCUT2D eigenvalue weighted by Crippen LogP contribution is -2.66. The number of para-hydroxylation sites is 1. The number of hydrogen-bond acceptors (Lipinski definition) is 5. The molecule has 0 radical (unpaired) electrons. The number of hydrogen-bond donors (Lipinski definition) is 4. The van der Waals surface area contributed by atoms with E-state index in [2.05, 4.69) is 50.8 Å². The Balaban J connectivity index is 1.97. The van der Waals surface area contributed by atoms with Gasteiger partial charge in [-0.3, -0.25) is 0 Å². The maximum atomic E-state index is 10.6. The van der Waals surface area contributed by atoms with Crippen LogP contribution in [0.5, 0.6) is 5.75 Å². The fourth-order valence-electron chi connectivity index (χ4n) is 4.68. The van der Waals surface area contributed by atoms with E-state index < -0.39 is 20.5 Å². The number of phenols is 1. The lowest BCUT2D eigenvalue weighted by Gasteiger charge is -2.43. The molecule has 3 rings (SSSR count). The van der Waals surface area contributed by atoms with Crippen LogP contribution in [0.25, 0.3) is 0 Å². The summed E-state index contributed by atoms with van der Waals surface area (Å²) in [6, 6.07) is 27.3. The van der Waals surface area contributed by atoms with Crippen LogP contribution in [-0.2, 0) is 4.43 Å². The summed E-state index contributed by atoms with van der Waals surface area (Å²) in [5, 5.41) is 42.4. The third-order valence-electron chi connectivity index (χ3n) is 6.52. The number of aliphatic hydroxyl groups excluding tert-OH is 3. The molecule has 0 fully saturated rings. The molecule has 4 N–H and O–H groups in total. The van der Waals surface area contributed by atoms with Crippen molar-refractivity contribution in [1.29, 1.82) is 0 Å². The van der Waals surface area contributed by atoms with E-state index in [1.807, 2.05) is 36.4 Å². The van der Waals surface area contributed by atoms with Crippen LogP contribution in [0.15, 0.2) is 102 Å². The zero-order chi connectivity index (χ0) is 26.9. The van der Waals surface area contributed by atoms with E-state index in [4.69, 9.17) is 4.43 Å². The third kappa shape index (κ3) is 7.08. The van der Waals surface area contributed by atoms with Crippen molar-refractivity contribution in [3.8, 4) is 5.75 Å².